The summed E-state index contributed by atoms with van der Waals surface area (Å²) in [5.74, 6) is -2.38. The summed E-state index contributed by atoms with van der Waals surface area (Å²) in [5.41, 5.74) is 2.14. The minimum Gasteiger partial charge on any atom is -0.329 e. The molecule has 2 heterocycles. The van der Waals surface area contributed by atoms with Gasteiger partial charge in [0.25, 0.3) is 0 Å². The quantitative estimate of drug-likeness (QED) is 0.821. The number of aromatic nitrogens is 2. The molecule has 1 aliphatic heterocycles. The van der Waals surface area contributed by atoms with Gasteiger partial charge in [0.1, 0.15) is 11.6 Å². The second kappa shape index (κ2) is 6.22. The Morgan fingerprint density at radius 2 is 1.92 bits per heavy atom. The molecular weight excluding hydrogens is 353 g/mol. The fourth-order valence-corrected chi connectivity index (χ4v) is 4.29. The number of halogens is 3. The molecule has 9 heteroatoms. The Bertz CT molecular complexity index is 870. The van der Waals surface area contributed by atoms with E-state index in [1.807, 2.05) is 0 Å². The average molecular weight is 370 g/mol. The maximum atomic E-state index is 14.1. The standard InChI is InChI=1S/C16H17F3N4OS/c17-11-7-13(19)12(18)6-10(11)9-1-2-15-14(5-9)21-16-8-22(25(20)24)3-4-23(15)16/h6-7,9H,1-5,8,20H2. The number of hydrogen-bond donors (Lipinski definition) is 1. The first-order valence-electron chi connectivity index (χ1n) is 8.07. The lowest BCUT2D eigenvalue weighted by Gasteiger charge is -2.27. The maximum absolute atomic E-state index is 14.1. The zero-order valence-corrected chi connectivity index (χ0v) is 14.2. The van der Waals surface area contributed by atoms with Gasteiger partial charge in [-0.15, -0.1) is 0 Å². The van der Waals surface area contributed by atoms with Crippen molar-refractivity contribution in [3.8, 4) is 0 Å². The Balaban J connectivity index is 1.63. The van der Waals surface area contributed by atoms with Crippen LogP contribution < -0.4 is 5.14 Å². The Kier molecular flexibility index (Phi) is 4.17. The SMILES string of the molecule is NS(=O)N1CCn2c(nc3c2CCC(c2cc(F)c(F)cc2F)C3)C1. The monoisotopic (exact) mass is 370 g/mol. The van der Waals surface area contributed by atoms with Crippen molar-refractivity contribution in [2.75, 3.05) is 6.54 Å². The van der Waals surface area contributed by atoms with Gasteiger partial charge in [-0.2, -0.15) is 0 Å². The third-order valence-corrected chi connectivity index (χ3v) is 5.85. The molecule has 2 aliphatic rings. The smallest absolute Gasteiger partial charge is 0.167 e. The molecule has 1 aromatic heterocycles. The van der Waals surface area contributed by atoms with E-state index in [0.29, 0.717) is 45.0 Å². The van der Waals surface area contributed by atoms with E-state index in [0.717, 1.165) is 23.3 Å². The molecule has 2 aromatic rings. The highest BCUT2D eigenvalue weighted by atomic mass is 32.2. The highest BCUT2D eigenvalue weighted by Crippen LogP contribution is 2.35. The van der Waals surface area contributed by atoms with E-state index < -0.39 is 28.6 Å². The van der Waals surface area contributed by atoms with Crippen LogP contribution in [0.2, 0.25) is 0 Å². The third-order valence-electron chi connectivity index (χ3n) is 5.03. The zero-order valence-electron chi connectivity index (χ0n) is 13.3. The Morgan fingerprint density at radius 1 is 1.16 bits per heavy atom. The number of rotatable bonds is 2. The lowest BCUT2D eigenvalue weighted by molar-refractivity contribution is 0.348. The second-order valence-corrected chi connectivity index (χ2v) is 7.51. The number of fused-ring (bicyclic) bond motifs is 3. The van der Waals surface area contributed by atoms with Crippen LogP contribution in [0.5, 0.6) is 0 Å². The number of imidazole rings is 1. The number of hydrogen-bond acceptors (Lipinski definition) is 2. The fraction of sp³-hybridized carbons (Fsp3) is 0.438. The first kappa shape index (κ1) is 16.7. The van der Waals surface area contributed by atoms with E-state index in [-0.39, 0.29) is 11.5 Å². The van der Waals surface area contributed by atoms with E-state index in [1.165, 1.54) is 0 Å². The topological polar surface area (TPSA) is 64.2 Å². The molecule has 0 fully saturated rings. The zero-order chi connectivity index (χ0) is 17.7. The van der Waals surface area contributed by atoms with Crippen LogP contribution in [0.3, 0.4) is 0 Å². The molecule has 0 spiro atoms. The normalized spacial score (nSPS) is 21.7. The summed E-state index contributed by atoms with van der Waals surface area (Å²) in [4.78, 5) is 4.61. The minimum atomic E-state index is -1.54. The van der Waals surface area contributed by atoms with E-state index in [2.05, 4.69) is 9.55 Å². The third kappa shape index (κ3) is 2.90. The van der Waals surface area contributed by atoms with Crippen molar-refractivity contribution in [3.05, 3.63) is 52.4 Å². The molecule has 4 rings (SSSR count). The predicted octanol–water partition coefficient (Wildman–Crippen LogP) is 1.93. The molecule has 1 aliphatic carbocycles. The molecule has 134 valence electrons. The van der Waals surface area contributed by atoms with Gasteiger partial charge in [-0.05, 0) is 36.8 Å². The lowest BCUT2D eigenvalue weighted by atomic mass is 9.84. The molecule has 1 aromatic carbocycles. The van der Waals surface area contributed by atoms with Gasteiger partial charge >= 0.3 is 0 Å². The van der Waals surface area contributed by atoms with Gasteiger partial charge in [0, 0.05) is 24.8 Å². The van der Waals surface area contributed by atoms with Gasteiger partial charge < -0.3 is 4.57 Å². The molecule has 0 radical (unpaired) electrons. The van der Waals surface area contributed by atoms with Crippen molar-refractivity contribution >= 4 is 11.2 Å². The predicted molar refractivity (Wildman–Crippen MR) is 86.0 cm³/mol. The fourth-order valence-electron chi connectivity index (χ4n) is 3.78. The first-order chi connectivity index (χ1) is 11.9. The van der Waals surface area contributed by atoms with Crippen molar-refractivity contribution < 1.29 is 17.4 Å². The summed E-state index contributed by atoms with van der Waals surface area (Å²) < 4.78 is 55.9. The van der Waals surface area contributed by atoms with Crippen LogP contribution in [-0.4, -0.2) is 24.6 Å². The van der Waals surface area contributed by atoms with Crippen LogP contribution in [-0.2, 0) is 37.1 Å². The van der Waals surface area contributed by atoms with Crippen LogP contribution in [0.25, 0.3) is 0 Å². The van der Waals surface area contributed by atoms with Gasteiger partial charge in [0.15, 0.2) is 22.8 Å². The van der Waals surface area contributed by atoms with Crippen LogP contribution in [0, 0.1) is 17.5 Å². The van der Waals surface area contributed by atoms with Crippen molar-refractivity contribution in [1.29, 1.82) is 0 Å². The average Bonchev–Trinajstić information content (AvgIpc) is 2.94. The van der Waals surface area contributed by atoms with Crippen molar-refractivity contribution in [1.82, 2.24) is 13.9 Å². The van der Waals surface area contributed by atoms with Crippen LogP contribution >= 0.6 is 0 Å². The van der Waals surface area contributed by atoms with Crippen molar-refractivity contribution in [2.24, 2.45) is 5.14 Å². The molecule has 2 atom stereocenters. The van der Waals surface area contributed by atoms with E-state index in [1.54, 1.807) is 4.31 Å². The molecule has 2 N–H and O–H groups in total. The number of nitrogens with two attached hydrogens (primary N) is 1. The van der Waals surface area contributed by atoms with Crippen molar-refractivity contribution in [2.45, 2.75) is 38.3 Å². The molecular formula is C16H17F3N4OS. The van der Waals surface area contributed by atoms with Crippen LogP contribution in [0.15, 0.2) is 12.1 Å². The van der Waals surface area contributed by atoms with Crippen LogP contribution in [0.1, 0.15) is 35.1 Å². The van der Waals surface area contributed by atoms with E-state index in [9.17, 15) is 17.4 Å². The molecule has 0 saturated heterocycles. The van der Waals surface area contributed by atoms with Crippen LogP contribution in [0.4, 0.5) is 13.2 Å². The highest BCUT2D eigenvalue weighted by Gasteiger charge is 2.31. The summed E-state index contributed by atoms with van der Waals surface area (Å²) in [5, 5.41) is 5.44. The molecule has 0 amide bonds. The summed E-state index contributed by atoms with van der Waals surface area (Å²) in [6.45, 7) is 1.64. The maximum Gasteiger partial charge on any atom is 0.167 e. The molecule has 0 saturated carbocycles. The van der Waals surface area contributed by atoms with Crippen molar-refractivity contribution in [3.63, 3.8) is 0 Å². The first-order valence-corrected chi connectivity index (χ1v) is 9.24. The van der Waals surface area contributed by atoms with Gasteiger partial charge in [0.05, 0.1) is 12.2 Å². The summed E-state index contributed by atoms with van der Waals surface area (Å²) in [6, 6.07) is 1.56. The van der Waals surface area contributed by atoms with Gasteiger partial charge in [-0.1, -0.05) is 0 Å². The number of nitrogens with zero attached hydrogens (tertiary/aromatic N) is 3. The Hall–Kier alpha value is -1.71. The molecule has 2 unspecified atom stereocenters. The second-order valence-electron chi connectivity index (χ2n) is 6.44. The Labute approximate surface area is 145 Å². The van der Waals surface area contributed by atoms with E-state index in [4.69, 9.17) is 5.14 Å². The van der Waals surface area contributed by atoms with Gasteiger partial charge in [-0.25, -0.2) is 31.8 Å². The molecule has 0 bridgehead atoms. The number of benzene rings is 1. The Morgan fingerprint density at radius 3 is 2.68 bits per heavy atom. The summed E-state index contributed by atoms with van der Waals surface area (Å²) >= 11 is -1.54. The highest BCUT2D eigenvalue weighted by molar-refractivity contribution is 7.80. The summed E-state index contributed by atoms with van der Waals surface area (Å²) in [6.07, 6.45) is 1.81. The van der Waals surface area contributed by atoms with Gasteiger partial charge in [-0.3, -0.25) is 0 Å². The molecule has 25 heavy (non-hydrogen) atoms. The lowest BCUT2D eigenvalue weighted by Crippen LogP contribution is -2.38. The summed E-state index contributed by atoms with van der Waals surface area (Å²) in [7, 11) is 0. The van der Waals surface area contributed by atoms with Gasteiger partial charge in [0.2, 0.25) is 0 Å². The van der Waals surface area contributed by atoms with E-state index >= 15 is 0 Å². The minimum absolute atomic E-state index is 0.195. The largest absolute Gasteiger partial charge is 0.329 e. The molecule has 5 nitrogen and oxygen atoms in total.